The van der Waals surface area contributed by atoms with E-state index in [-0.39, 0.29) is 30.2 Å². The van der Waals surface area contributed by atoms with Crippen molar-refractivity contribution in [3.05, 3.63) is 64.7 Å². The van der Waals surface area contributed by atoms with Gasteiger partial charge in [-0.25, -0.2) is 0 Å². The van der Waals surface area contributed by atoms with Crippen molar-refractivity contribution in [3.63, 3.8) is 0 Å². The van der Waals surface area contributed by atoms with Crippen LogP contribution in [0.25, 0.3) is 0 Å². The molecule has 0 aliphatic heterocycles. The van der Waals surface area contributed by atoms with Crippen LogP contribution in [0.5, 0.6) is 5.75 Å². The summed E-state index contributed by atoms with van der Waals surface area (Å²) < 4.78 is 17.2. The minimum absolute atomic E-state index is 0. The van der Waals surface area contributed by atoms with E-state index in [9.17, 15) is 14.3 Å². The summed E-state index contributed by atoms with van der Waals surface area (Å²) in [4.78, 5) is 24.2. The molecule has 0 saturated heterocycles. The molecule has 0 heterocycles. The predicted molar refractivity (Wildman–Crippen MR) is 79.7 cm³/mol. The van der Waals surface area contributed by atoms with Gasteiger partial charge < -0.3 is 9.42 Å². The molecule has 2 aromatic carbocycles. The zero-order valence-corrected chi connectivity index (χ0v) is 14.0. The van der Waals surface area contributed by atoms with Crippen molar-refractivity contribution in [1.29, 1.82) is 0 Å². The normalized spacial score (nSPS) is 12.9. The number of benzene rings is 2. The Balaban J connectivity index is 0.00000242. The van der Waals surface area contributed by atoms with E-state index >= 15 is 0 Å². The number of hydrogen-bond donors (Lipinski definition) is 0. The maximum absolute atomic E-state index is 12.1. The zero-order chi connectivity index (χ0) is 15.6. The van der Waals surface area contributed by atoms with E-state index in [1.807, 2.05) is 19.1 Å². The second-order valence-corrected chi connectivity index (χ2v) is 6.57. The molecule has 0 aromatic heterocycles. The summed E-state index contributed by atoms with van der Waals surface area (Å²) in [6.45, 7) is 5.42. The van der Waals surface area contributed by atoms with E-state index in [4.69, 9.17) is 4.52 Å². The summed E-state index contributed by atoms with van der Waals surface area (Å²) in [5.74, 6) is 0.225. The maximum Gasteiger partial charge on any atom is 1.00 e. The Labute approximate surface area is 142 Å². The van der Waals surface area contributed by atoms with Crippen LogP contribution in [0.15, 0.2) is 42.5 Å². The second kappa shape index (κ2) is 7.31. The third kappa shape index (κ3) is 4.12. The molecule has 0 amide bonds. The van der Waals surface area contributed by atoms with Gasteiger partial charge in [0.2, 0.25) is 5.52 Å². The Morgan fingerprint density at radius 2 is 1.55 bits per heavy atom. The van der Waals surface area contributed by atoms with Crippen LogP contribution in [0.1, 0.15) is 27.0 Å². The molecule has 0 saturated carbocycles. The number of hydrogen-bond acceptors (Lipinski definition) is 4. The fourth-order valence-corrected chi connectivity index (χ4v) is 3.29. The van der Waals surface area contributed by atoms with Crippen LogP contribution in [0.2, 0.25) is 0 Å². The molecule has 22 heavy (non-hydrogen) atoms. The van der Waals surface area contributed by atoms with Gasteiger partial charge >= 0.3 is 18.9 Å². The van der Waals surface area contributed by atoms with E-state index in [0.29, 0.717) is 11.1 Å². The van der Waals surface area contributed by atoms with E-state index in [1.165, 1.54) is 12.1 Å². The van der Waals surface area contributed by atoms with Gasteiger partial charge in [-0.3, -0.25) is 9.36 Å². The van der Waals surface area contributed by atoms with Crippen molar-refractivity contribution in [2.75, 3.05) is 0 Å². The molecule has 0 spiro atoms. The topological polar surface area (TPSA) is 66.4 Å². The molecule has 0 aliphatic carbocycles. The van der Waals surface area contributed by atoms with Crippen LogP contribution in [0, 0.1) is 20.8 Å². The van der Waals surface area contributed by atoms with Gasteiger partial charge in [0.1, 0.15) is 5.75 Å². The van der Waals surface area contributed by atoms with E-state index in [2.05, 4.69) is 0 Å². The largest absolute Gasteiger partial charge is 1.00 e. The molecular weight excluding hydrogens is 294 g/mol. The summed E-state index contributed by atoms with van der Waals surface area (Å²) in [5, 5.41) is 0. The molecule has 0 aliphatic rings. The molecule has 2 rings (SSSR count). The molecule has 2 aromatic rings. The molecule has 4 nitrogen and oxygen atoms in total. The van der Waals surface area contributed by atoms with Gasteiger partial charge in [-0.1, -0.05) is 48.0 Å². The molecule has 1 atom stereocenters. The van der Waals surface area contributed by atoms with Crippen molar-refractivity contribution in [2.24, 2.45) is 0 Å². The van der Waals surface area contributed by atoms with E-state index < -0.39 is 13.1 Å². The van der Waals surface area contributed by atoms with Gasteiger partial charge in [-0.05, 0) is 31.9 Å². The monoisotopic (exact) mass is 310 g/mol. The van der Waals surface area contributed by atoms with Crippen LogP contribution in [0.4, 0.5) is 0 Å². The first-order valence-electron chi connectivity index (χ1n) is 6.49. The van der Waals surface area contributed by atoms with Crippen LogP contribution >= 0.6 is 7.60 Å². The number of aryl methyl sites for hydroxylation is 3. The standard InChI is InChI=1S/C16H17O4P.Li/c1-11-9-12(2)15(13(3)10-11)20-21(18,19)16(17)14-7-5-4-6-8-14;/h4-10H,1-3H3,(H,18,19);/q;+1/p-1. The first kappa shape index (κ1) is 18.7. The Morgan fingerprint density at radius 1 is 1.05 bits per heavy atom. The first-order valence-corrected chi connectivity index (χ1v) is 8.04. The fraction of sp³-hybridized carbons (Fsp3) is 0.188. The van der Waals surface area contributed by atoms with Crippen molar-refractivity contribution < 1.29 is 37.6 Å². The zero-order valence-electron chi connectivity index (χ0n) is 13.1. The van der Waals surface area contributed by atoms with Crippen LogP contribution in [-0.2, 0) is 4.57 Å². The number of carbonyl (C=O) groups is 1. The van der Waals surface area contributed by atoms with Gasteiger partial charge in [0.05, 0.1) is 0 Å². The molecular formula is C16H16LiO4P. The van der Waals surface area contributed by atoms with Gasteiger partial charge in [0.25, 0.3) is 7.60 Å². The third-order valence-electron chi connectivity index (χ3n) is 3.09. The third-order valence-corrected chi connectivity index (χ3v) is 4.26. The predicted octanol–water partition coefficient (Wildman–Crippen LogP) is 0.388. The minimum atomic E-state index is -4.69. The average Bonchev–Trinajstić information content (AvgIpc) is 2.43. The second-order valence-electron chi connectivity index (χ2n) is 4.99. The van der Waals surface area contributed by atoms with Gasteiger partial charge in [0.15, 0.2) is 0 Å². The van der Waals surface area contributed by atoms with E-state index in [0.717, 1.165) is 5.56 Å². The van der Waals surface area contributed by atoms with Crippen molar-refractivity contribution >= 4 is 13.1 Å². The van der Waals surface area contributed by atoms with Crippen LogP contribution < -0.4 is 28.3 Å². The van der Waals surface area contributed by atoms with Gasteiger partial charge in [-0.15, -0.1) is 0 Å². The smallest absolute Gasteiger partial charge is 0.763 e. The molecule has 0 N–H and O–H groups in total. The SMILES string of the molecule is Cc1cc(C)c(OP(=O)([O-])C(=O)c2ccccc2)c(C)c1.[Li+]. The summed E-state index contributed by atoms with van der Waals surface area (Å²) in [6, 6.07) is 11.5. The molecule has 6 heteroatoms. The first-order chi connectivity index (χ1) is 9.81. The minimum Gasteiger partial charge on any atom is -0.763 e. The average molecular weight is 310 g/mol. The summed E-state index contributed by atoms with van der Waals surface area (Å²) in [5.41, 5.74) is 1.46. The van der Waals surface area contributed by atoms with E-state index in [1.54, 1.807) is 32.0 Å². The van der Waals surface area contributed by atoms with Crippen molar-refractivity contribution in [3.8, 4) is 5.75 Å². The summed E-state index contributed by atoms with van der Waals surface area (Å²) in [6.07, 6.45) is 0. The quantitative estimate of drug-likeness (QED) is 0.605. The van der Waals surface area contributed by atoms with Crippen molar-refractivity contribution in [2.45, 2.75) is 20.8 Å². The fourth-order valence-electron chi connectivity index (χ4n) is 2.21. The summed E-state index contributed by atoms with van der Waals surface area (Å²) in [7, 11) is -4.69. The Kier molecular flexibility index (Phi) is 6.23. The molecule has 0 radical (unpaired) electrons. The van der Waals surface area contributed by atoms with Crippen LogP contribution in [-0.4, -0.2) is 5.52 Å². The molecule has 0 bridgehead atoms. The molecule has 1 unspecified atom stereocenters. The Bertz CT molecular complexity index is 705. The maximum atomic E-state index is 12.1. The molecule has 110 valence electrons. The Morgan fingerprint density at radius 3 is 2.05 bits per heavy atom. The summed E-state index contributed by atoms with van der Waals surface area (Å²) >= 11 is 0. The van der Waals surface area contributed by atoms with Crippen molar-refractivity contribution in [1.82, 2.24) is 0 Å². The van der Waals surface area contributed by atoms with Gasteiger partial charge in [0, 0.05) is 5.56 Å². The van der Waals surface area contributed by atoms with Crippen LogP contribution in [0.3, 0.4) is 0 Å². The number of carbonyl (C=O) groups excluding carboxylic acids is 1. The Hall–Kier alpha value is -1.30. The van der Waals surface area contributed by atoms with Gasteiger partial charge in [-0.2, -0.15) is 0 Å². The number of rotatable bonds is 4. The molecule has 0 fully saturated rings.